The first-order chi connectivity index (χ1) is 10.3. The van der Waals surface area contributed by atoms with Crippen LogP contribution in [0.1, 0.15) is 13.3 Å². The van der Waals surface area contributed by atoms with Crippen LogP contribution in [0.15, 0.2) is 0 Å². The first kappa shape index (κ1) is 19.3. The van der Waals surface area contributed by atoms with Crippen molar-refractivity contribution in [1.82, 2.24) is 4.90 Å². The second kappa shape index (κ2) is 8.19. The van der Waals surface area contributed by atoms with Gasteiger partial charge in [0.1, 0.15) is 6.04 Å². The van der Waals surface area contributed by atoms with Gasteiger partial charge < -0.3 is 19.5 Å². The van der Waals surface area contributed by atoms with Gasteiger partial charge in [-0.15, -0.1) is 0 Å². The Morgan fingerprint density at radius 3 is 2.36 bits per heavy atom. The van der Waals surface area contributed by atoms with E-state index >= 15 is 0 Å². The van der Waals surface area contributed by atoms with Gasteiger partial charge in [0.2, 0.25) is 5.91 Å². The summed E-state index contributed by atoms with van der Waals surface area (Å²) in [6.07, 6.45) is 1.83. The predicted octanol–water partition coefficient (Wildman–Crippen LogP) is 0.672. The highest BCUT2D eigenvalue weighted by molar-refractivity contribution is 8.14. The molecule has 0 saturated carbocycles. The molecule has 0 radical (unpaired) electrons. The van der Waals surface area contributed by atoms with Gasteiger partial charge in [0.15, 0.2) is 10.9 Å². The number of nitrogens with zero attached hydrogens (tertiary/aromatic N) is 1. The maximum absolute atomic E-state index is 12.6. The summed E-state index contributed by atoms with van der Waals surface area (Å²) in [5.41, 5.74) is 0. The van der Waals surface area contributed by atoms with Crippen LogP contribution < -0.4 is 0 Å². The number of rotatable bonds is 7. The van der Waals surface area contributed by atoms with Crippen molar-refractivity contribution >= 4 is 40.5 Å². The Bertz CT molecular complexity index is 440. The summed E-state index contributed by atoms with van der Waals surface area (Å²) in [5, 5.41) is 8.79. The van der Waals surface area contributed by atoms with E-state index in [1.165, 1.54) is 37.8 Å². The molecule has 1 rings (SSSR count). The fraction of sp³-hybridized carbons (Fsp3) is 0.769. The third-order valence-corrected chi connectivity index (χ3v) is 5.66. The third-order valence-electron chi connectivity index (χ3n) is 3.60. The monoisotopic (exact) mass is 351 g/mol. The number of ether oxygens (including phenoxy) is 2. The Hall–Kier alpha value is -0.770. The molecule has 9 heteroatoms. The van der Waals surface area contributed by atoms with E-state index in [4.69, 9.17) is 9.47 Å². The van der Waals surface area contributed by atoms with Crippen molar-refractivity contribution in [3.63, 3.8) is 0 Å². The van der Waals surface area contributed by atoms with Crippen molar-refractivity contribution in [3.05, 3.63) is 0 Å². The van der Waals surface area contributed by atoms with E-state index < -0.39 is 23.0 Å². The molecule has 2 atom stereocenters. The van der Waals surface area contributed by atoms with E-state index in [1.54, 1.807) is 6.26 Å². The first-order valence-electron chi connectivity index (χ1n) is 6.60. The molecule has 1 unspecified atom stereocenters. The number of hydrogen-bond acceptors (Lipinski definition) is 7. The highest BCUT2D eigenvalue weighted by Crippen LogP contribution is 2.33. The standard InChI is InChI=1S/C13H21NO6S2/c1-8(15)22-6-10(21-4)11(16)14-7-13(19-2,20-3)5-9(14)12(17)18/h9-10H,5-7H2,1-4H3,(H,17,18)/t9-,10?/m0/s1. The van der Waals surface area contributed by atoms with Crippen LogP contribution in [0, 0.1) is 0 Å². The lowest BCUT2D eigenvalue weighted by Gasteiger charge is -2.27. The smallest absolute Gasteiger partial charge is 0.326 e. The average Bonchev–Trinajstić information content (AvgIpc) is 2.88. The second-order valence-electron chi connectivity index (χ2n) is 4.87. The molecule has 126 valence electrons. The van der Waals surface area contributed by atoms with Gasteiger partial charge in [0.05, 0.1) is 11.8 Å². The van der Waals surface area contributed by atoms with Crippen molar-refractivity contribution in [3.8, 4) is 0 Å². The van der Waals surface area contributed by atoms with E-state index in [0.29, 0.717) is 5.75 Å². The lowest BCUT2D eigenvalue weighted by Crippen LogP contribution is -2.46. The molecule has 0 aromatic rings. The molecule has 0 aliphatic carbocycles. The molecule has 1 amide bonds. The Labute approximate surface area is 138 Å². The predicted molar refractivity (Wildman–Crippen MR) is 84.9 cm³/mol. The van der Waals surface area contributed by atoms with Crippen molar-refractivity contribution in [2.75, 3.05) is 32.8 Å². The minimum Gasteiger partial charge on any atom is -0.480 e. The highest BCUT2D eigenvalue weighted by atomic mass is 32.2. The van der Waals surface area contributed by atoms with Crippen LogP contribution >= 0.6 is 23.5 Å². The maximum Gasteiger partial charge on any atom is 0.326 e. The molecule has 1 saturated heterocycles. The lowest BCUT2D eigenvalue weighted by molar-refractivity contribution is -0.197. The van der Waals surface area contributed by atoms with Gasteiger partial charge in [0, 0.05) is 33.3 Å². The summed E-state index contributed by atoms with van der Waals surface area (Å²) in [4.78, 5) is 36.4. The van der Waals surface area contributed by atoms with Crippen LogP contribution in [0.25, 0.3) is 0 Å². The van der Waals surface area contributed by atoms with Crippen LogP contribution in [0.2, 0.25) is 0 Å². The normalized spacial score (nSPS) is 21.6. The Morgan fingerprint density at radius 1 is 1.36 bits per heavy atom. The van der Waals surface area contributed by atoms with Gasteiger partial charge in [0.25, 0.3) is 0 Å². The largest absolute Gasteiger partial charge is 0.480 e. The van der Waals surface area contributed by atoms with Crippen LogP contribution in [0.4, 0.5) is 0 Å². The third kappa shape index (κ3) is 4.37. The average molecular weight is 351 g/mol. The van der Waals surface area contributed by atoms with Gasteiger partial charge in [-0.1, -0.05) is 11.8 Å². The summed E-state index contributed by atoms with van der Waals surface area (Å²) in [6.45, 7) is 1.49. The SMILES string of the molecule is COC1(OC)C[C@@H](C(=O)O)N(C(=O)C(CSC(C)=O)SC)C1. The Balaban J connectivity index is 2.92. The Kier molecular flexibility index (Phi) is 7.17. The van der Waals surface area contributed by atoms with Crippen LogP contribution in [0.3, 0.4) is 0 Å². The molecular formula is C13H21NO6S2. The van der Waals surface area contributed by atoms with Crippen LogP contribution in [-0.4, -0.2) is 76.9 Å². The molecule has 0 aromatic heterocycles. The van der Waals surface area contributed by atoms with Gasteiger partial charge in [-0.05, 0) is 6.26 Å². The van der Waals surface area contributed by atoms with Gasteiger partial charge in [-0.2, -0.15) is 11.8 Å². The van der Waals surface area contributed by atoms with Crippen molar-refractivity contribution in [2.45, 2.75) is 30.4 Å². The molecular weight excluding hydrogens is 330 g/mol. The minimum atomic E-state index is -1.10. The molecule has 1 N–H and O–H groups in total. The molecule has 0 spiro atoms. The molecule has 0 aromatic carbocycles. The number of aliphatic carboxylic acids is 1. The summed E-state index contributed by atoms with van der Waals surface area (Å²) in [6, 6.07) is -0.996. The molecule has 1 heterocycles. The zero-order valence-corrected chi connectivity index (χ0v) is 14.7. The summed E-state index contributed by atoms with van der Waals surface area (Å²) in [5.74, 6) is -2.20. The number of thioether (sulfide) groups is 2. The summed E-state index contributed by atoms with van der Waals surface area (Å²) < 4.78 is 10.5. The van der Waals surface area contributed by atoms with E-state index in [-0.39, 0.29) is 24.0 Å². The van der Waals surface area contributed by atoms with Crippen molar-refractivity contribution < 1.29 is 29.0 Å². The van der Waals surface area contributed by atoms with Gasteiger partial charge in [-0.25, -0.2) is 4.79 Å². The lowest BCUT2D eigenvalue weighted by atomic mass is 10.1. The van der Waals surface area contributed by atoms with Crippen LogP contribution in [0.5, 0.6) is 0 Å². The highest BCUT2D eigenvalue weighted by Gasteiger charge is 2.50. The van der Waals surface area contributed by atoms with Crippen molar-refractivity contribution in [2.24, 2.45) is 0 Å². The van der Waals surface area contributed by atoms with Gasteiger partial charge in [-0.3, -0.25) is 9.59 Å². The van der Waals surface area contributed by atoms with E-state index in [9.17, 15) is 19.5 Å². The van der Waals surface area contributed by atoms with Crippen molar-refractivity contribution in [1.29, 1.82) is 0 Å². The number of methoxy groups -OCH3 is 2. The minimum absolute atomic E-state index is 0.0532. The number of carbonyl (C=O) groups excluding carboxylic acids is 2. The molecule has 7 nitrogen and oxygen atoms in total. The molecule has 1 aliphatic heterocycles. The summed E-state index contributed by atoms with van der Waals surface area (Å²) in [7, 11) is 2.85. The maximum atomic E-state index is 12.6. The molecule has 1 fully saturated rings. The second-order valence-corrected chi connectivity index (χ2v) is 7.11. The number of amides is 1. The fourth-order valence-electron chi connectivity index (χ4n) is 2.29. The molecule has 0 bridgehead atoms. The van der Waals surface area contributed by atoms with Gasteiger partial charge >= 0.3 is 5.97 Å². The molecule has 1 aliphatic rings. The zero-order valence-electron chi connectivity index (χ0n) is 13.0. The first-order valence-corrected chi connectivity index (χ1v) is 8.87. The number of hydrogen-bond donors (Lipinski definition) is 1. The number of carbonyl (C=O) groups is 3. The van der Waals surface area contributed by atoms with Crippen LogP contribution in [-0.2, 0) is 23.9 Å². The molecule has 22 heavy (non-hydrogen) atoms. The topological polar surface area (TPSA) is 93.1 Å². The van der Waals surface area contributed by atoms with E-state index in [2.05, 4.69) is 0 Å². The zero-order chi connectivity index (χ0) is 16.9. The number of likely N-dealkylation sites (tertiary alicyclic amines) is 1. The Morgan fingerprint density at radius 2 is 1.95 bits per heavy atom. The summed E-state index contributed by atoms with van der Waals surface area (Å²) >= 11 is 2.35. The number of carboxylic acids is 1. The van der Waals surface area contributed by atoms with E-state index in [1.807, 2.05) is 0 Å². The number of carboxylic acid groups (broad SMARTS) is 1. The quantitative estimate of drug-likeness (QED) is 0.669. The van der Waals surface area contributed by atoms with E-state index in [0.717, 1.165) is 11.8 Å². The fourth-order valence-corrected chi connectivity index (χ4v) is 3.90.